The maximum atomic E-state index is 10.7. The van der Waals surface area contributed by atoms with Crippen LogP contribution < -0.4 is 0 Å². The Morgan fingerprint density at radius 3 is 2.50 bits per heavy atom. The van der Waals surface area contributed by atoms with Gasteiger partial charge in [-0.15, -0.1) is 0 Å². The summed E-state index contributed by atoms with van der Waals surface area (Å²) in [5.41, 5.74) is 1.22. The number of benzene rings is 1. The maximum absolute atomic E-state index is 10.7. The van der Waals surface area contributed by atoms with E-state index in [1.54, 1.807) is 0 Å². The minimum absolute atomic E-state index is 0.0811. The summed E-state index contributed by atoms with van der Waals surface area (Å²) in [5.74, 6) is 0.277. The first-order valence-electron chi connectivity index (χ1n) is 4.94. The van der Waals surface area contributed by atoms with Gasteiger partial charge in [-0.25, -0.2) is 0 Å². The highest BCUT2D eigenvalue weighted by Crippen LogP contribution is 2.31. The molecule has 2 nitrogen and oxygen atoms in total. The van der Waals surface area contributed by atoms with Gasteiger partial charge in [0.05, 0.1) is 0 Å². The fourth-order valence-corrected chi connectivity index (χ4v) is 1.97. The van der Waals surface area contributed by atoms with Crippen molar-refractivity contribution in [1.29, 1.82) is 0 Å². The molecular weight excluding hydrogens is 174 g/mol. The Kier molecular flexibility index (Phi) is 2.73. The first-order chi connectivity index (χ1) is 6.92. The molecule has 0 bridgehead atoms. The molecule has 14 heavy (non-hydrogen) atoms. The van der Waals surface area contributed by atoms with E-state index in [1.165, 1.54) is 5.56 Å². The highest BCUT2D eigenvalue weighted by atomic mass is 16.3. The summed E-state index contributed by atoms with van der Waals surface area (Å²) in [6, 6.07) is 10.1. The lowest BCUT2D eigenvalue weighted by atomic mass is 9.84. The van der Waals surface area contributed by atoms with Gasteiger partial charge in [-0.1, -0.05) is 47.7 Å². The predicted molar refractivity (Wildman–Crippen MR) is 57.1 cm³/mol. The van der Waals surface area contributed by atoms with Crippen LogP contribution in [0.25, 0.3) is 0 Å². The molecule has 2 atom stereocenters. The molecule has 0 aliphatic heterocycles. The van der Waals surface area contributed by atoms with Gasteiger partial charge in [0.25, 0.3) is 0 Å². The van der Waals surface area contributed by atoms with Crippen LogP contribution in [0.15, 0.2) is 47.7 Å². The molecule has 0 saturated carbocycles. The van der Waals surface area contributed by atoms with Crippen LogP contribution in [-0.4, -0.2) is 6.04 Å². The molecule has 2 rings (SSSR count). The average molecular weight is 187 g/mol. The van der Waals surface area contributed by atoms with Crippen molar-refractivity contribution >= 4 is 0 Å². The Labute approximate surface area is 83.6 Å². The number of nitrogens with zero attached hydrogens (tertiary/aromatic N) is 1. The average Bonchev–Trinajstić information content (AvgIpc) is 2.30. The summed E-state index contributed by atoms with van der Waals surface area (Å²) in [6.45, 7) is 0. The monoisotopic (exact) mass is 187 g/mol. The highest BCUT2D eigenvalue weighted by Gasteiger charge is 2.24. The Morgan fingerprint density at radius 2 is 1.79 bits per heavy atom. The van der Waals surface area contributed by atoms with E-state index in [-0.39, 0.29) is 12.0 Å². The molecule has 0 heterocycles. The van der Waals surface area contributed by atoms with E-state index in [2.05, 4.69) is 23.4 Å². The van der Waals surface area contributed by atoms with Gasteiger partial charge in [-0.3, -0.25) is 0 Å². The molecule has 0 N–H and O–H groups in total. The topological polar surface area (TPSA) is 29.4 Å². The van der Waals surface area contributed by atoms with Crippen LogP contribution in [0, 0.1) is 4.91 Å². The standard InChI is InChI=1S/C12H13NO/c14-13-12-9-5-4-8-11(12)10-6-2-1-3-7-10/h1-7,11-12H,8-9H2/t11-,12-/m0/s1. The van der Waals surface area contributed by atoms with Gasteiger partial charge < -0.3 is 0 Å². The van der Waals surface area contributed by atoms with Crippen LogP contribution in [0.2, 0.25) is 0 Å². The molecule has 1 aliphatic rings. The van der Waals surface area contributed by atoms with E-state index < -0.39 is 0 Å². The summed E-state index contributed by atoms with van der Waals surface area (Å²) in [5, 5.41) is 3.20. The highest BCUT2D eigenvalue weighted by molar-refractivity contribution is 5.24. The first-order valence-corrected chi connectivity index (χ1v) is 4.94. The minimum Gasteiger partial charge on any atom is -0.150 e. The lowest BCUT2D eigenvalue weighted by Gasteiger charge is -2.23. The summed E-state index contributed by atoms with van der Waals surface area (Å²) in [4.78, 5) is 10.7. The number of nitroso groups, excluding NO2 is 1. The molecule has 0 unspecified atom stereocenters. The van der Waals surface area contributed by atoms with Gasteiger partial charge in [-0.2, -0.15) is 4.91 Å². The molecule has 0 fully saturated rings. The maximum Gasteiger partial charge on any atom is 0.102 e. The normalized spacial score (nSPS) is 26.0. The zero-order valence-electron chi connectivity index (χ0n) is 7.97. The largest absolute Gasteiger partial charge is 0.150 e. The van der Waals surface area contributed by atoms with Crippen LogP contribution in [0.1, 0.15) is 24.3 Å². The van der Waals surface area contributed by atoms with Crippen molar-refractivity contribution in [2.75, 3.05) is 0 Å². The Bertz CT molecular complexity index is 331. The van der Waals surface area contributed by atoms with Crippen LogP contribution in [0.3, 0.4) is 0 Å². The van der Waals surface area contributed by atoms with Gasteiger partial charge in [0.1, 0.15) is 6.04 Å². The molecule has 0 radical (unpaired) electrons. The second-order valence-corrected chi connectivity index (χ2v) is 3.63. The zero-order valence-corrected chi connectivity index (χ0v) is 7.97. The molecule has 0 aromatic heterocycles. The molecule has 0 spiro atoms. The van der Waals surface area contributed by atoms with Crippen LogP contribution in [0.5, 0.6) is 0 Å². The first kappa shape index (κ1) is 9.13. The van der Waals surface area contributed by atoms with E-state index >= 15 is 0 Å². The van der Waals surface area contributed by atoms with Crippen LogP contribution in [-0.2, 0) is 0 Å². The Morgan fingerprint density at radius 1 is 1.07 bits per heavy atom. The smallest absolute Gasteiger partial charge is 0.102 e. The lowest BCUT2D eigenvalue weighted by molar-refractivity contribution is 0.520. The molecule has 72 valence electrons. The third-order valence-electron chi connectivity index (χ3n) is 2.76. The van der Waals surface area contributed by atoms with Crippen molar-refractivity contribution in [2.24, 2.45) is 5.18 Å². The Balaban J connectivity index is 2.24. The Hall–Kier alpha value is -1.44. The van der Waals surface area contributed by atoms with Gasteiger partial charge in [0.2, 0.25) is 0 Å². The number of hydrogen-bond donors (Lipinski definition) is 0. The van der Waals surface area contributed by atoms with Gasteiger partial charge in [0.15, 0.2) is 0 Å². The molecule has 1 aromatic carbocycles. The second kappa shape index (κ2) is 4.18. The van der Waals surface area contributed by atoms with E-state index in [0.717, 1.165) is 12.8 Å². The van der Waals surface area contributed by atoms with Crippen molar-refractivity contribution < 1.29 is 0 Å². The number of allylic oxidation sites excluding steroid dienone is 1. The SMILES string of the molecule is O=N[C@H]1CC=CC[C@H]1c1ccccc1. The van der Waals surface area contributed by atoms with Gasteiger partial charge in [0, 0.05) is 5.92 Å². The van der Waals surface area contributed by atoms with Crippen molar-refractivity contribution in [3.8, 4) is 0 Å². The second-order valence-electron chi connectivity index (χ2n) is 3.63. The minimum atomic E-state index is -0.0811. The van der Waals surface area contributed by atoms with Crippen molar-refractivity contribution in [2.45, 2.75) is 24.8 Å². The molecule has 0 saturated heterocycles. The third kappa shape index (κ3) is 1.74. The van der Waals surface area contributed by atoms with Gasteiger partial charge >= 0.3 is 0 Å². The summed E-state index contributed by atoms with van der Waals surface area (Å²) in [7, 11) is 0. The zero-order chi connectivity index (χ0) is 9.80. The molecule has 2 heteroatoms. The number of hydrogen-bond acceptors (Lipinski definition) is 2. The molecular formula is C12H13NO. The van der Waals surface area contributed by atoms with Gasteiger partial charge in [-0.05, 0) is 18.4 Å². The van der Waals surface area contributed by atoms with Crippen molar-refractivity contribution in [1.82, 2.24) is 0 Å². The quantitative estimate of drug-likeness (QED) is 0.516. The predicted octanol–water partition coefficient (Wildman–Crippen LogP) is 3.26. The van der Waals surface area contributed by atoms with Crippen molar-refractivity contribution in [3.63, 3.8) is 0 Å². The van der Waals surface area contributed by atoms with Crippen LogP contribution in [0.4, 0.5) is 0 Å². The summed E-state index contributed by atoms with van der Waals surface area (Å²) < 4.78 is 0. The van der Waals surface area contributed by atoms with Crippen molar-refractivity contribution in [3.05, 3.63) is 53.0 Å². The summed E-state index contributed by atoms with van der Waals surface area (Å²) in [6.07, 6.45) is 5.90. The molecule has 1 aliphatic carbocycles. The molecule has 1 aromatic rings. The fraction of sp³-hybridized carbons (Fsp3) is 0.333. The number of rotatable bonds is 2. The van der Waals surface area contributed by atoms with E-state index in [1.807, 2.05) is 24.3 Å². The lowest BCUT2D eigenvalue weighted by Crippen LogP contribution is -2.17. The fourth-order valence-electron chi connectivity index (χ4n) is 1.97. The van der Waals surface area contributed by atoms with E-state index in [9.17, 15) is 4.91 Å². The third-order valence-corrected chi connectivity index (χ3v) is 2.76. The van der Waals surface area contributed by atoms with E-state index in [0.29, 0.717) is 0 Å². The van der Waals surface area contributed by atoms with E-state index in [4.69, 9.17) is 0 Å². The molecule has 0 amide bonds. The van der Waals surface area contributed by atoms with Crippen LogP contribution >= 0.6 is 0 Å². The summed E-state index contributed by atoms with van der Waals surface area (Å²) >= 11 is 0.